The fraction of sp³-hybridized carbons (Fsp3) is 0.121. The first kappa shape index (κ1) is 40.7. The van der Waals surface area contributed by atoms with Crippen LogP contribution < -0.4 is 9.80 Å². The molecule has 336 valence electrons. The Kier molecular flexibility index (Phi) is 8.48. The predicted molar refractivity (Wildman–Crippen MR) is 300 cm³/mol. The zero-order chi connectivity index (χ0) is 47.2. The summed E-state index contributed by atoms with van der Waals surface area (Å²) in [5.41, 5.74) is 16.9. The van der Waals surface area contributed by atoms with Crippen LogP contribution in [0.3, 0.4) is 0 Å². The minimum atomic E-state index is -0.0270. The van der Waals surface area contributed by atoms with Crippen LogP contribution in [0.2, 0.25) is 0 Å². The lowest BCUT2D eigenvalue weighted by atomic mass is 9.86. The van der Waals surface area contributed by atoms with Crippen molar-refractivity contribution in [3.05, 3.63) is 217 Å². The van der Waals surface area contributed by atoms with Crippen LogP contribution in [-0.2, 0) is 10.8 Å². The summed E-state index contributed by atoms with van der Waals surface area (Å²) in [5, 5.41) is 12.7. The lowest BCUT2D eigenvalue weighted by Gasteiger charge is -2.26. The molecule has 0 atom stereocenters. The molecule has 0 spiro atoms. The topological polar surface area (TPSA) is 15.3 Å². The summed E-state index contributed by atoms with van der Waals surface area (Å²) in [6.45, 7) is 13.9. The summed E-state index contributed by atoms with van der Waals surface area (Å²) >= 11 is 0. The third-order valence-electron chi connectivity index (χ3n) is 15.2. The third-order valence-corrected chi connectivity index (χ3v) is 15.2. The van der Waals surface area contributed by atoms with E-state index in [2.05, 4.69) is 266 Å². The molecule has 0 unspecified atom stereocenters. The van der Waals surface area contributed by atoms with Crippen molar-refractivity contribution in [1.29, 1.82) is 0 Å². The summed E-state index contributed by atoms with van der Waals surface area (Å²) in [6, 6.07) is 76.9. The highest BCUT2D eigenvalue weighted by Gasteiger charge is 2.29. The van der Waals surface area contributed by atoms with Crippen molar-refractivity contribution < 1.29 is 0 Å². The SMILES string of the molecule is CC(C)(C)c1ccc2c(c1)c1c(N(c3ccccc3)c3ccccc3)ccc3c4ccc5c(ccc6c7ccc(N(c8ccccc8)c8ccccc8)c8c9cc(C(C)(C)C)ccc9n(c56)c78)c4n2c31. The third kappa shape index (κ3) is 5.71. The average Bonchev–Trinajstić information content (AvgIpc) is 4.11. The molecular formula is C66H52N4. The van der Waals surface area contributed by atoms with Gasteiger partial charge < -0.3 is 18.6 Å². The van der Waals surface area contributed by atoms with Gasteiger partial charge in [0.05, 0.1) is 44.5 Å². The Morgan fingerprint density at radius 2 is 0.571 bits per heavy atom. The lowest BCUT2D eigenvalue weighted by molar-refractivity contribution is 0.591. The molecule has 0 saturated carbocycles. The number of fused-ring (bicyclic) bond motifs is 15. The van der Waals surface area contributed by atoms with Gasteiger partial charge in [-0.2, -0.15) is 0 Å². The Bertz CT molecular complexity index is 3980. The molecular weight excluding hydrogens is 849 g/mol. The summed E-state index contributed by atoms with van der Waals surface area (Å²) in [4.78, 5) is 4.88. The molecule has 0 N–H and O–H groups in total. The zero-order valence-corrected chi connectivity index (χ0v) is 40.4. The van der Waals surface area contributed by atoms with E-state index in [0.29, 0.717) is 0 Å². The van der Waals surface area contributed by atoms with Gasteiger partial charge in [0.1, 0.15) is 0 Å². The van der Waals surface area contributed by atoms with Gasteiger partial charge in [-0.15, -0.1) is 0 Å². The van der Waals surface area contributed by atoms with Gasteiger partial charge in [0.2, 0.25) is 0 Å². The van der Waals surface area contributed by atoms with Crippen LogP contribution in [0.5, 0.6) is 0 Å². The van der Waals surface area contributed by atoms with Crippen LogP contribution in [-0.4, -0.2) is 8.80 Å². The van der Waals surface area contributed by atoms with Crippen LogP contribution in [0.4, 0.5) is 34.1 Å². The van der Waals surface area contributed by atoms with Crippen molar-refractivity contribution in [2.24, 2.45) is 0 Å². The molecule has 10 aromatic carbocycles. The molecule has 0 bridgehead atoms. The van der Waals surface area contributed by atoms with Gasteiger partial charge in [0, 0.05) is 76.6 Å². The zero-order valence-electron chi connectivity index (χ0n) is 40.4. The summed E-state index contributed by atoms with van der Waals surface area (Å²) in [5.74, 6) is 0. The van der Waals surface area contributed by atoms with Gasteiger partial charge in [-0.3, -0.25) is 0 Å². The van der Waals surface area contributed by atoms with Crippen molar-refractivity contribution in [1.82, 2.24) is 8.80 Å². The molecule has 14 aromatic rings. The highest BCUT2D eigenvalue weighted by atomic mass is 15.2. The highest BCUT2D eigenvalue weighted by molar-refractivity contribution is 6.34. The van der Waals surface area contributed by atoms with Gasteiger partial charge in [0.25, 0.3) is 0 Å². The van der Waals surface area contributed by atoms with E-state index in [9.17, 15) is 0 Å². The minimum absolute atomic E-state index is 0.0270. The Balaban J connectivity index is 1.12. The quantitative estimate of drug-likeness (QED) is 0.165. The van der Waals surface area contributed by atoms with E-state index in [1.165, 1.54) is 109 Å². The van der Waals surface area contributed by atoms with Gasteiger partial charge in [-0.1, -0.05) is 163 Å². The lowest BCUT2D eigenvalue weighted by Crippen LogP contribution is -2.11. The van der Waals surface area contributed by atoms with Crippen molar-refractivity contribution >= 4 is 121 Å². The first-order valence-electron chi connectivity index (χ1n) is 24.7. The molecule has 14 rings (SSSR count). The van der Waals surface area contributed by atoms with Crippen LogP contribution >= 0.6 is 0 Å². The molecule has 0 aliphatic rings. The maximum Gasteiger partial charge on any atom is 0.0641 e. The average molecular weight is 901 g/mol. The monoisotopic (exact) mass is 900 g/mol. The van der Waals surface area contributed by atoms with Crippen molar-refractivity contribution in [2.75, 3.05) is 9.80 Å². The molecule has 4 heteroatoms. The predicted octanol–water partition coefficient (Wildman–Crippen LogP) is 18.7. The van der Waals surface area contributed by atoms with Crippen LogP contribution in [0.25, 0.3) is 87.0 Å². The fourth-order valence-electron chi connectivity index (χ4n) is 11.9. The normalized spacial score (nSPS) is 12.7. The summed E-state index contributed by atoms with van der Waals surface area (Å²) < 4.78 is 5.20. The van der Waals surface area contributed by atoms with Crippen LogP contribution in [0.1, 0.15) is 52.7 Å². The van der Waals surface area contributed by atoms with E-state index in [1.807, 2.05) is 0 Å². The second-order valence-electron chi connectivity index (χ2n) is 21.4. The van der Waals surface area contributed by atoms with E-state index in [-0.39, 0.29) is 10.8 Å². The summed E-state index contributed by atoms with van der Waals surface area (Å²) in [7, 11) is 0. The van der Waals surface area contributed by atoms with Gasteiger partial charge in [0.15, 0.2) is 0 Å². The molecule has 4 nitrogen and oxygen atoms in total. The number of hydrogen-bond acceptors (Lipinski definition) is 2. The van der Waals surface area contributed by atoms with Gasteiger partial charge in [-0.25, -0.2) is 0 Å². The van der Waals surface area contributed by atoms with E-state index >= 15 is 0 Å². The van der Waals surface area contributed by atoms with E-state index in [1.54, 1.807) is 0 Å². The Morgan fingerprint density at radius 1 is 0.286 bits per heavy atom. The molecule has 0 fully saturated rings. The molecule has 4 heterocycles. The fourth-order valence-corrected chi connectivity index (χ4v) is 11.9. The first-order chi connectivity index (χ1) is 34.0. The standard InChI is InChI=1S/C66H52N4/c1-65(2,3)41-27-35-55-53(39-41)59-57(67(43-19-11-7-12-20-43)44-21-13-8-14-22-44)37-33-51-49-31-30-48-47(61(49)69(55)63(51)59)29-32-50-52-34-38-58(68(45-23-15-9-16-24-45)46-25-17-10-18-26-46)60-54-40-42(66(4,5)6)28-36-56(54)70(62(48)50)64(52)60/h7-40H,1-6H3. The van der Waals surface area contributed by atoms with Crippen LogP contribution in [0, 0.1) is 0 Å². The number of benzene rings is 10. The molecule has 0 amide bonds. The smallest absolute Gasteiger partial charge is 0.0641 e. The van der Waals surface area contributed by atoms with Crippen molar-refractivity contribution in [3.63, 3.8) is 0 Å². The molecule has 0 aliphatic heterocycles. The molecule has 4 aromatic heterocycles. The minimum Gasteiger partial charge on any atom is -0.310 e. The first-order valence-corrected chi connectivity index (χ1v) is 24.7. The second-order valence-corrected chi connectivity index (χ2v) is 21.4. The number of anilines is 6. The Morgan fingerprint density at radius 3 is 0.871 bits per heavy atom. The molecule has 0 aliphatic carbocycles. The number of aromatic nitrogens is 2. The number of para-hydroxylation sites is 4. The molecule has 70 heavy (non-hydrogen) atoms. The van der Waals surface area contributed by atoms with Crippen LogP contribution in [0.15, 0.2) is 206 Å². The largest absolute Gasteiger partial charge is 0.310 e. The number of rotatable bonds is 6. The highest BCUT2D eigenvalue weighted by Crippen LogP contribution is 2.52. The maximum atomic E-state index is 2.60. The molecule has 0 saturated heterocycles. The van der Waals surface area contributed by atoms with Crippen molar-refractivity contribution in [3.8, 4) is 0 Å². The van der Waals surface area contributed by atoms with E-state index in [4.69, 9.17) is 0 Å². The number of hydrogen-bond donors (Lipinski definition) is 0. The Hall–Kier alpha value is -8.34. The van der Waals surface area contributed by atoms with E-state index in [0.717, 1.165) is 22.7 Å². The van der Waals surface area contributed by atoms with Gasteiger partial charge >= 0.3 is 0 Å². The second kappa shape index (κ2) is 14.6. The molecule has 0 radical (unpaired) electrons. The Labute approximate surface area is 407 Å². The number of nitrogens with zero attached hydrogens (tertiary/aromatic N) is 4. The summed E-state index contributed by atoms with van der Waals surface area (Å²) in [6.07, 6.45) is 0. The van der Waals surface area contributed by atoms with Crippen molar-refractivity contribution in [2.45, 2.75) is 52.4 Å². The van der Waals surface area contributed by atoms with E-state index < -0.39 is 0 Å². The van der Waals surface area contributed by atoms with Gasteiger partial charge in [-0.05, 0) is 107 Å². The maximum absolute atomic E-state index is 2.60.